The van der Waals surface area contributed by atoms with Crippen LogP contribution in [0.3, 0.4) is 0 Å². The number of hydrogen-bond donors (Lipinski definition) is 0. The van der Waals surface area contributed by atoms with Crippen molar-refractivity contribution in [1.29, 1.82) is 0 Å². The number of halogens is 4. The van der Waals surface area contributed by atoms with E-state index in [1.165, 1.54) is 25.7 Å². The summed E-state index contributed by atoms with van der Waals surface area (Å²) < 4.78 is 93.1. The van der Waals surface area contributed by atoms with Crippen LogP contribution >= 0.6 is 10.7 Å². The lowest BCUT2D eigenvalue weighted by Crippen LogP contribution is -2.51. The molecule has 3 aromatic carbocycles. The molecular weight excluding hydrogens is 779 g/mol. The van der Waals surface area contributed by atoms with Crippen LogP contribution in [0, 0.1) is 68.6 Å². The van der Waals surface area contributed by atoms with Gasteiger partial charge in [0.15, 0.2) is 0 Å². The predicted octanol–water partition coefficient (Wildman–Crippen LogP) is 6.30. The lowest BCUT2D eigenvalue weighted by Gasteiger charge is -2.35. The Kier molecular flexibility index (Phi) is 14.4. The Labute approximate surface area is 305 Å². The maximum absolute atomic E-state index is 14.2. The summed E-state index contributed by atoms with van der Waals surface area (Å²) in [7, 11) is -3.69. The van der Waals surface area contributed by atoms with E-state index >= 15 is 0 Å². The van der Waals surface area contributed by atoms with E-state index < -0.39 is 84.2 Å². The van der Waals surface area contributed by atoms with E-state index in [1.807, 2.05) is 0 Å². The number of carbonyl (C=O) groups excluding carboxylic acids is 1. The average molecular weight is 812 g/mol. The van der Waals surface area contributed by atoms with Gasteiger partial charge in [-0.25, -0.2) is 34.8 Å². The largest absolute Gasteiger partial charge is 0.444 e. The molecule has 1 saturated heterocycles. The van der Waals surface area contributed by atoms with E-state index in [9.17, 15) is 65.1 Å². The highest BCUT2D eigenvalue weighted by Crippen LogP contribution is 2.29. The van der Waals surface area contributed by atoms with E-state index in [4.69, 9.17) is 15.4 Å². The lowest BCUT2D eigenvalue weighted by molar-refractivity contribution is -0.385. The topological polar surface area (TPSA) is 230 Å². The highest BCUT2D eigenvalue weighted by atomic mass is 35.7. The second-order valence-electron chi connectivity index (χ2n) is 12.1. The molecular formula is C30H33ClF3N5O12S2. The molecule has 53 heavy (non-hydrogen) atoms. The van der Waals surface area contributed by atoms with Crippen LogP contribution in [0.1, 0.15) is 37.5 Å². The Balaban J connectivity index is 0.000000312. The van der Waals surface area contributed by atoms with Gasteiger partial charge < -0.3 is 9.64 Å². The maximum atomic E-state index is 14.2. The fraction of sp³-hybridized carbons (Fsp3) is 0.367. The predicted molar refractivity (Wildman–Crippen MR) is 183 cm³/mol. The molecule has 0 atom stereocenters. The highest BCUT2D eigenvalue weighted by Gasteiger charge is 2.35. The van der Waals surface area contributed by atoms with E-state index in [0.717, 1.165) is 40.7 Å². The molecule has 3 aromatic rings. The number of hydrogen-bond acceptors (Lipinski definition) is 12. The number of amides is 1. The Morgan fingerprint density at radius 1 is 0.717 bits per heavy atom. The first-order valence-corrected chi connectivity index (χ1v) is 18.6. The summed E-state index contributed by atoms with van der Waals surface area (Å²) in [4.78, 5) is 41.4. The van der Waals surface area contributed by atoms with Gasteiger partial charge in [0.1, 0.15) is 32.8 Å². The van der Waals surface area contributed by atoms with E-state index in [1.54, 1.807) is 20.8 Å². The van der Waals surface area contributed by atoms with Crippen molar-refractivity contribution in [3.8, 4) is 0 Å². The van der Waals surface area contributed by atoms with Crippen molar-refractivity contribution in [2.75, 3.05) is 26.2 Å². The minimum absolute atomic E-state index is 0.0292. The van der Waals surface area contributed by atoms with Crippen molar-refractivity contribution in [3.05, 3.63) is 107 Å². The van der Waals surface area contributed by atoms with Gasteiger partial charge in [-0.15, -0.1) is 0 Å². The second kappa shape index (κ2) is 17.3. The molecule has 0 aliphatic carbocycles. The summed E-state index contributed by atoms with van der Waals surface area (Å²) in [6, 6.07) is 6.30. The monoisotopic (exact) mass is 811 g/mol. The first-order valence-electron chi connectivity index (χ1n) is 14.9. The second-order valence-corrected chi connectivity index (χ2v) is 16.6. The lowest BCUT2D eigenvalue weighted by atomic mass is 10.2. The quantitative estimate of drug-likeness (QED) is 0.152. The standard InChI is InChI=1S/C16H22FN3O6S.C7H5ClFNO4S.C7H6FNO2/c1-11-9-12(17)14(10-13(11)20(22)23)27(24,25)19-7-5-18(6-8-19)15(21)26-16(2,3)4;1-4-2-5(9)7(15(8,13)14)3-6(4)10(11)12;1-5-4-6(8)2-3-7(5)9(10)11/h9-10H,5-8H2,1-4H3;2-3H,1H3;2-4H,1H3. The normalized spacial score (nSPS) is 13.5. The van der Waals surface area contributed by atoms with Crippen molar-refractivity contribution in [2.45, 2.75) is 56.9 Å². The van der Waals surface area contributed by atoms with Crippen LogP contribution < -0.4 is 0 Å². The molecule has 1 fully saturated rings. The smallest absolute Gasteiger partial charge is 0.410 e. The van der Waals surface area contributed by atoms with Crippen molar-refractivity contribution >= 4 is 52.9 Å². The van der Waals surface area contributed by atoms with Crippen molar-refractivity contribution in [3.63, 3.8) is 0 Å². The zero-order chi connectivity index (χ0) is 40.8. The van der Waals surface area contributed by atoms with Crippen LogP contribution in [0.25, 0.3) is 0 Å². The van der Waals surface area contributed by atoms with Gasteiger partial charge in [-0.3, -0.25) is 30.3 Å². The molecule has 0 bridgehead atoms. The molecule has 17 nitrogen and oxygen atoms in total. The van der Waals surface area contributed by atoms with E-state index in [-0.39, 0.29) is 43.0 Å². The number of rotatable bonds is 6. The molecule has 0 aromatic heterocycles. The molecule has 0 unspecified atom stereocenters. The van der Waals surface area contributed by atoms with Crippen molar-refractivity contribution < 1.29 is 54.3 Å². The average Bonchev–Trinajstić information content (AvgIpc) is 2.99. The van der Waals surface area contributed by atoms with Crippen LogP contribution in [-0.2, 0) is 23.8 Å². The molecule has 1 amide bonds. The summed E-state index contributed by atoms with van der Waals surface area (Å²) >= 11 is 0. The van der Waals surface area contributed by atoms with Crippen LogP contribution in [0.5, 0.6) is 0 Å². The number of benzene rings is 3. The first kappa shape index (κ1) is 44.2. The van der Waals surface area contributed by atoms with Gasteiger partial charge in [-0.05, 0) is 65.8 Å². The van der Waals surface area contributed by atoms with E-state index in [2.05, 4.69) is 0 Å². The first-order chi connectivity index (χ1) is 24.2. The Hall–Kier alpha value is -4.93. The minimum atomic E-state index is -4.31. The van der Waals surface area contributed by atoms with Gasteiger partial charge in [-0.2, -0.15) is 4.31 Å². The van der Waals surface area contributed by atoms with Gasteiger partial charge >= 0.3 is 6.09 Å². The molecule has 23 heteroatoms. The van der Waals surface area contributed by atoms with Gasteiger partial charge in [0.2, 0.25) is 10.0 Å². The summed E-state index contributed by atoms with van der Waals surface area (Å²) in [6.45, 7) is 9.30. The molecule has 1 aliphatic heterocycles. The molecule has 4 rings (SSSR count). The number of ether oxygens (including phenoxy) is 1. The minimum Gasteiger partial charge on any atom is -0.444 e. The Morgan fingerprint density at radius 3 is 1.53 bits per heavy atom. The van der Waals surface area contributed by atoms with E-state index in [0.29, 0.717) is 11.6 Å². The number of aryl methyl sites for hydroxylation is 3. The number of piperazine rings is 1. The summed E-state index contributed by atoms with van der Waals surface area (Å²) in [5.41, 5.74) is -1.28. The Morgan fingerprint density at radius 2 is 1.13 bits per heavy atom. The number of nitro groups is 3. The van der Waals surface area contributed by atoms with Gasteiger partial charge in [-0.1, -0.05) is 0 Å². The number of carbonyl (C=O) groups is 1. The molecule has 1 aliphatic rings. The van der Waals surface area contributed by atoms with Gasteiger partial charge in [0.25, 0.3) is 26.1 Å². The maximum Gasteiger partial charge on any atom is 0.410 e. The molecule has 0 spiro atoms. The molecule has 0 N–H and O–H groups in total. The molecule has 0 radical (unpaired) electrons. The van der Waals surface area contributed by atoms with Crippen LogP contribution in [0.15, 0.2) is 52.3 Å². The fourth-order valence-electron chi connectivity index (χ4n) is 4.46. The number of sulfonamides is 1. The zero-order valence-electron chi connectivity index (χ0n) is 28.8. The number of nitro benzene ring substituents is 3. The van der Waals surface area contributed by atoms with Gasteiger partial charge in [0, 0.05) is 71.8 Å². The van der Waals surface area contributed by atoms with Crippen molar-refractivity contribution in [1.82, 2.24) is 9.21 Å². The summed E-state index contributed by atoms with van der Waals surface area (Å²) in [5.74, 6) is -2.60. The van der Waals surface area contributed by atoms with Gasteiger partial charge in [0.05, 0.1) is 14.8 Å². The van der Waals surface area contributed by atoms with Crippen LogP contribution in [0.2, 0.25) is 0 Å². The third-order valence-electron chi connectivity index (χ3n) is 7.02. The zero-order valence-corrected chi connectivity index (χ0v) is 31.2. The molecule has 0 saturated carbocycles. The Bertz CT molecular complexity index is 2140. The third-order valence-corrected chi connectivity index (χ3v) is 10.3. The molecule has 290 valence electrons. The summed E-state index contributed by atoms with van der Waals surface area (Å²) in [6.07, 6.45) is -0.559. The van der Waals surface area contributed by atoms with Crippen LogP contribution in [0.4, 0.5) is 35.0 Å². The highest BCUT2D eigenvalue weighted by molar-refractivity contribution is 8.13. The van der Waals surface area contributed by atoms with Crippen LogP contribution in [-0.4, -0.2) is 78.7 Å². The number of nitrogens with zero attached hydrogens (tertiary/aromatic N) is 5. The summed E-state index contributed by atoms with van der Waals surface area (Å²) in [5, 5.41) is 31.7. The fourth-order valence-corrected chi connectivity index (χ4v) is 6.85. The molecule has 1 heterocycles. The SMILES string of the molecule is Cc1cc(F)c(S(=O)(=O)Cl)cc1[N+](=O)[O-].Cc1cc(F)c(S(=O)(=O)N2CCN(C(=O)OC(C)(C)C)CC2)cc1[N+](=O)[O-].Cc1cc(F)ccc1[N+](=O)[O-]. The third kappa shape index (κ3) is 12.1. The van der Waals surface area contributed by atoms with Crippen molar-refractivity contribution in [2.24, 2.45) is 0 Å².